The molecule has 1 aromatic rings. The Labute approximate surface area is 115 Å². The first-order valence-corrected chi connectivity index (χ1v) is 6.77. The van der Waals surface area contributed by atoms with E-state index < -0.39 is 0 Å². The lowest BCUT2D eigenvalue weighted by Crippen LogP contribution is -2.43. The van der Waals surface area contributed by atoms with Crippen molar-refractivity contribution in [3.05, 3.63) is 35.9 Å². The smallest absolute Gasteiger partial charge is 0.315 e. The van der Waals surface area contributed by atoms with Gasteiger partial charge in [-0.25, -0.2) is 4.79 Å². The molecule has 1 aromatic carbocycles. The summed E-state index contributed by atoms with van der Waals surface area (Å²) in [6.45, 7) is 6.11. The molecule has 0 aliphatic heterocycles. The average molecular weight is 264 g/mol. The Kier molecular flexibility index (Phi) is 6.36. The molecular formula is C15H24N2O2. The second-order valence-electron chi connectivity index (χ2n) is 5.16. The molecule has 19 heavy (non-hydrogen) atoms. The van der Waals surface area contributed by atoms with E-state index in [9.17, 15) is 4.79 Å². The van der Waals surface area contributed by atoms with Crippen LogP contribution in [0.5, 0.6) is 0 Å². The van der Waals surface area contributed by atoms with Crippen molar-refractivity contribution < 1.29 is 9.90 Å². The third-order valence-corrected chi connectivity index (χ3v) is 3.05. The van der Waals surface area contributed by atoms with E-state index >= 15 is 0 Å². The summed E-state index contributed by atoms with van der Waals surface area (Å²) < 4.78 is 0. The van der Waals surface area contributed by atoms with E-state index in [-0.39, 0.29) is 24.7 Å². The number of aliphatic hydroxyl groups excluding tert-OH is 1. The van der Waals surface area contributed by atoms with Crippen LogP contribution in [0.1, 0.15) is 38.8 Å². The van der Waals surface area contributed by atoms with Gasteiger partial charge in [0.1, 0.15) is 0 Å². The maximum absolute atomic E-state index is 11.9. The molecule has 2 atom stereocenters. The molecule has 1 rings (SSSR count). The van der Waals surface area contributed by atoms with Gasteiger partial charge in [-0.15, -0.1) is 0 Å². The van der Waals surface area contributed by atoms with Gasteiger partial charge in [0.05, 0.1) is 6.04 Å². The van der Waals surface area contributed by atoms with Crippen molar-refractivity contribution in [3.8, 4) is 0 Å². The fourth-order valence-corrected chi connectivity index (χ4v) is 1.97. The highest BCUT2D eigenvalue weighted by Gasteiger charge is 2.18. The minimum Gasteiger partial charge on any atom is -0.396 e. The number of amides is 2. The van der Waals surface area contributed by atoms with Crippen molar-refractivity contribution in [1.82, 2.24) is 10.6 Å². The van der Waals surface area contributed by atoms with Gasteiger partial charge in [-0.3, -0.25) is 0 Å². The number of hydrogen-bond acceptors (Lipinski definition) is 2. The van der Waals surface area contributed by atoms with Gasteiger partial charge in [0.25, 0.3) is 0 Å². The standard InChI is InChI=1S/C15H24N2O2/c1-11(2)14(13-7-5-4-6-8-13)17-15(19)16-12(3)9-10-18/h4-8,11-12,14,18H,9-10H2,1-3H3,(H2,16,17,19)/t12-,14?/m1/s1. The zero-order valence-corrected chi connectivity index (χ0v) is 11.9. The van der Waals surface area contributed by atoms with E-state index in [4.69, 9.17) is 5.11 Å². The SMILES string of the molecule is CC(C)C(NC(=O)N[C@H](C)CCO)c1ccccc1. The molecule has 0 fully saturated rings. The fraction of sp³-hybridized carbons (Fsp3) is 0.533. The highest BCUT2D eigenvalue weighted by molar-refractivity contribution is 5.74. The molecule has 106 valence electrons. The van der Waals surface area contributed by atoms with Gasteiger partial charge in [0.15, 0.2) is 0 Å². The number of hydrogen-bond donors (Lipinski definition) is 3. The van der Waals surface area contributed by atoms with Crippen LogP contribution in [0.15, 0.2) is 30.3 Å². The molecule has 0 aliphatic carbocycles. The summed E-state index contributed by atoms with van der Waals surface area (Å²) in [5, 5.41) is 14.6. The molecule has 0 saturated carbocycles. The molecule has 4 heteroatoms. The lowest BCUT2D eigenvalue weighted by atomic mass is 9.96. The Bertz CT molecular complexity index is 379. The van der Waals surface area contributed by atoms with Crippen LogP contribution in [0.25, 0.3) is 0 Å². The van der Waals surface area contributed by atoms with Crippen molar-refractivity contribution in [2.24, 2.45) is 5.92 Å². The van der Waals surface area contributed by atoms with Gasteiger partial charge in [-0.05, 0) is 24.8 Å². The molecule has 4 nitrogen and oxygen atoms in total. The maximum Gasteiger partial charge on any atom is 0.315 e. The van der Waals surface area contributed by atoms with E-state index in [2.05, 4.69) is 24.5 Å². The molecule has 3 N–H and O–H groups in total. The summed E-state index contributed by atoms with van der Waals surface area (Å²) in [4.78, 5) is 11.9. The van der Waals surface area contributed by atoms with Gasteiger partial charge in [0.2, 0.25) is 0 Å². The van der Waals surface area contributed by atoms with E-state index in [1.165, 1.54) is 0 Å². The van der Waals surface area contributed by atoms with Crippen LogP contribution >= 0.6 is 0 Å². The van der Waals surface area contributed by atoms with Crippen molar-refractivity contribution in [1.29, 1.82) is 0 Å². The second-order valence-corrected chi connectivity index (χ2v) is 5.16. The van der Waals surface area contributed by atoms with Gasteiger partial charge < -0.3 is 15.7 Å². The van der Waals surface area contributed by atoms with Crippen LogP contribution in [-0.2, 0) is 0 Å². The molecule has 1 unspecified atom stereocenters. The zero-order chi connectivity index (χ0) is 14.3. The fourth-order valence-electron chi connectivity index (χ4n) is 1.97. The number of carbonyl (C=O) groups excluding carboxylic acids is 1. The summed E-state index contributed by atoms with van der Waals surface area (Å²) in [6, 6.07) is 9.70. The minimum atomic E-state index is -0.191. The Morgan fingerprint density at radius 2 is 1.79 bits per heavy atom. The molecule has 0 saturated heterocycles. The highest BCUT2D eigenvalue weighted by atomic mass is 16.3. The molecular weight excluding hydrogens is 240 g/mol. The predicted molar refractivity (Wildman–Crippen MR) is 76.9 cm³/mol. The van der Waals surface area contributed by atoms with Crippen LogP contribution in [0, 0.1) is 5.92 Å². The number of nitrogens with one attached hydrogen (secondary N) is 2. The molecule has 2 amide bonds. The normalized spacial score (nSPS) is 13.9. The van der Waals surface area contributed by atoms with E-state index in [1.54, 1.807) is 0 Å². The lowest BCUT2D eigenvalue weighted by molar-refractivity contribution is 0.224. The largest absolute Gasteiger partial charge is 0.396 e. The first kappa shape index (κ1) is 15.5. The molecule has 0 radical (unpaired) electrons. The topological polar surface area (TPSA) is 61.4 Å². The minimum absolute atomic E-state index is 0.0115. The molecule has 0 bridgehead atoms. The molecule has 0 aliphatic rings. The van der Waals surface area contributed by atoms with Crippen molar-refractivity contribution >= 4 is 6.03 Å². The molecule has 0 aromatic heterocycles. The van der Waals surface area contributed by atoms with Crippen LogP contribution < -0.4 is 10.6 Å². The zero-order valence-electron chi connectivity index (χ0n) is 11.9. The van der Waals surface area contributed by atoms with Gasteiger partial charge >= 0.3 is 6.03 Å². The van der Waals surface area contributed by atoms with Gasteiger partial charge in [-0.2, -0.15) is 0 Å². The summed E-state index contributed by atoms with van der Waals surface area (Å²) in [7, 11) is 0. The number of benzene rings is 1. The lowest BCUT2D eigenvalue weighted by Gasteiger charge is -2.24. The average Bonchev–Trinajstić information content (AvgIpc) is 2.37. The second kappa shape index (κ2) is 7.79. The number of aliphatic hydroxyl groups is 1. The first-order chi connectivity index (χ1) is 9.04. The third kappa shape index (κ3) is 5.30. The Morgan fingerprint density at radius 3 is 2.32 bits per heavy atom. The van der Waals surface area contributed by atoms with Crippen LogP contribution in [0.4, 0.5) is 4.79 Å². The first-order valence-electron chi connectivity index (χ1n) is 6.77. The molecule has 0 heterocycles. The summed E-state index contributed by atoms with van der Waals surface area (Å²) in [5.74, 6) is 0.307. The number of carbonyl (C=O) groups is 1. The maximum atomic E-state index is 11.9. The van der Waals surface area contributed by atoms with Crippen molar-refractivity contribution in [3.63, 3.8) is 0 Å². The van der Waals surface area contributed by atoms with Crippen LogP contribution in [0.2, 0.25) is 0 Å². The Morgan fingerprint density at radius 1 is 1.16 bits per heavy atom. The highest BCUT2D eigenvalue weighted by Crippen LogP contribution is 2.20. The third-order valence-electron chi connectivity index (χ3n) is 3.05. The monoisotopic (exact) mass is 264 g/mol. The van der Waals surface area contributed by atoms with Crippen molar-refractivity contribution in [2.75, 3.05) is 6.61 Å². The van der Waals surface area contributed by atoms with Crippen LogP contribution in [0.3, 0.4) is 0 Å². The Hall–Kier alpha value is -1.55. The summed E-state index contributed by atoms with van der Waals surface area (Å²) >= 11 is 0. The quantitative estimate of drug-likeness (QED) is 0.739. The predicted octanol–water partition coefficient (Wildman–Crippen LogP) is 2.45. The van der Waals surface area contributed by atoms with Crippen LogP contribution in [-0.4, -0.2) is 23.8 Å². The van der Waals surface area contributed by atoms with Gasteiger partial charge in [0, 0.05) is 12.6 Å². The van der Waals surface area contributed by atoms with E-state index in [0.29, 0.717) is 12.3 Å². The van der Waals surface area contributed by atoms with Crippen molar-refractivity contribution in [2.45, 2.75) is 39.3 Å². The van der Waals surface area contributed by atoms with E-state index in [0.717, 1.165) is 5.56 Å². The summed E-state index contributed by atoms with van der Waals surface area (Å²) in [5.41, 5.74) is 1.10. The number of rotatable bonds is 6. The molecule has 0 spiro atoms. The van der Waals surface area contributed by atoms with E-state index in [1.807, 2.05) is 37.3 Å². The summed E-state index contributed by atoms with van der Waals surface area (Å²) in [6.07, 6.45) is 0.561. The Balaban J connectivity index is 2.62. The van der Waals surface area contributed by atoms with Gasteiger partial charge in [-0.1, -0.05) is 44.2 Å². The number of urea groups is 1.